The summed E-state index contributed by atoms with van der Waals surface area (Å²) < 4.78 is 40.4. The Morgan fingerprint density at radius 1 is 1.11 bits per heavy atom. The average Bonchev–Trinajstić information content (AvgIpc) is 3.07. The van der Waals surface area contributed by atoms with Gasteiger partial charge in [-0.15, -0.1) is 0 Å². The highest BCUT2D eigenvalue weighted by Crippen LogP contribution is 2.33. The van der Waals surface area contributed by atoms with Crippen LogP contribution in [0.5, 0.6) is 0 Å². The summed E-state index contributed by atoms with van der Waals surface area (Å²) >= 11 is 0. The first kappa shape index (κ1) is 20.5. The molecule has 0 aliphatic heterocycles. The molecular weight excluding hydrogens is 363 g/mol. The van der Waals surface area contributed by atoms with Crippen molar-refractivity contribution < 1.29 is 27.9 Å². The molecule has 27 heavy (non-hydrogen) atoms. The number of aromatic carboxylic acids is 1. The van der Waals surface area contributed by atoms with Crippen LogP contribution in [0.25, 0.3) is 5.69 Å². The molecule has 0 saturated heterocycles. The number of carbonyl (C=O) groups excluding carboxylic acids is 1. The number of hydrogen-bond donors (Lipinski definition) is 1. The lowest BCUT2D eigenvalue weighted by atomic mass is 10.1. The molecule has 0 aliphatic rings. The molecule has 0 bridgehead atoms. The first-order chi connectivity index (χ1) is 12.7. The number of amides is 1. The number of carbonyl (C=O) groups is 2. The molecule has 2 aromatic rings. The molecule has 1 amide bonds. The van der Waals surface area contributed by atoms with E-state index < -0.39 is 23.4 Å². The van der Waals surface area contributed by atoms with Crippen molar-refractivity contribution in [2.24, 2.45) is 0 Å². The number of aromatic nitrogens is 2. The number of benzene rings is 1. The standard InChI is InChI=1S/C18H20F3N3O3/c1-3-9-23(10-4-2)16(25)12-5-7-13(8-6-12)24-15(18(19,20)21)14(11-22-24)17(26)27/h5-8,11H,3-4,9-10H2,1-2H3,(H,26,27). The predicted octanol–water partition coefficient (Wildman–Crippen LogP) is 3.85. The van der Waals surface area contributed by atoms with Crippen molar-refractivity contribution in [1.29, 1.82) is 0 Å². The fourth-order valence-electron chi connectivity index (χ4n) is 2.76. The van der Waals surface area contributed by atoms with Gasteiger partial charge in [0.25, 0.3) is 5.91 Å². The molecule has 6 nitrogen and oxygen atoms in total. The minimum atomic E-state index is -4.89. The first-order valence-electron chi connectivity index (χ1n) is 8.48. The molecular formula is C18H20F3N3O3. The van der Waals surface area contributed by atoms with Gasteiger partial charge in [-0.3, -0.25) is 4.79 Å². The SMILES string of the molecule is CCCN(CCC)C(=O)c1ccc(-n2ncc(C(=O)O)c2C(F)(F)F)cc1. The van der Waals surface area contributed by atoms with E-state index in [0.717, 1.165) is 12.8 Å². The normalized spacial score (nSPS) is 11.4. The molecule has 1 heterocycles. The molecule has 9 heteroatoms. The van der Waals surface area contributed by atoms with Crippen molar-refractivity contribution in [1.82, 2.24) is 14.7 Å². The van der Waals surface area contributed by atoms with Crippen LogP contribution < -0.4 is 0 Å². The van der Waals surface area contributed by atoms with Gasteiger partial charge in [0, 0.05) is 18.7 Å². The third-order valence-electron chi connectivity index (χ3n) is 3.90. The highest BCUT2D eigenvalue weighted by Gasteiger charge is 2.40. The fraction of sp³-hybridized carbons (Fsp3) is 0.389. The molecule has 146 valence electrons. The number of carboxylic acids is 1. The van der Waals surface area contributed by atoms with Crippen molar-refractivity contribution in [2.45, 2.75) is 32.9 Å². The molecule has 0 atom stereocenters. The van der Waals surface area contributed by atoms with E-state index in [-0.39, 0.29) is 11.6 Å². The molecule has 1 N–H and O–H groups in total. The zero-order valence-electron chi connectivity index (χ0n) is 15.0. The second-order valence-electron chi connectivity index (χ2n) is 5.96. The van der Waals surface area contributed by atoms with Gasteiger partial charge in [0.1, 0.15) is 5.56 Å². The van der Waals surface area contributed by atoms with Gasteiger partial charge in [0.2, 0.25) is 0 Å². The molecule has 0 aliphatic carbocycles. The summed E-state index contributed by atoms with van der Waals surface area (Å²) in [7, 11) is 0. The van der Waals surface area contributed by atoms with Crippen LogP contribution >= 0.6 is 0 Å². The van der Waals surface area contributed by atoms with Crippen molar-refractivity contribution in [3.05, 3.63) is 47.3 Å². The summed E-state index contributed by atoms with van der Waals surface area (Å²) in [5.74, 6) is -1.91. The molecule has 0 fully saturated rings. The predicted molar refractivity (Wildman–Crippen MR) is 92.0 cm³/mol. The Morgan fingerprint density at radius 3 is 2.11 bits per heavy atom. The molecule has 1 aromatic carbocycles. The highest BCUT2D eigenvalue weighted by molar-refractivity contribution is 5.94. The molecule has 0 spiro atoms. The Hall–Kier alpha value is -2.84. The van der Waals surface area contributed by atoms with Crippen LogP contribution in [-0.2, 0) is 6.18 Å². The Morgan fingerprint density at radius 2 is 1.67 bits per heavy atom. The smallest absolute Gasteiger partial charge is 0.434 e. The van der Waals surface area contributed by atoms with E-state index in [4.69, 9.17) is 5.11 Å². The second kappa shape index (κ2) is 8.24. The zero-order chi connectivity index (χ0) is 20.2. The van der Waals surface area contributed by atoms with Crippen molar-refractivity contribution in [2.75, 3.05) is 13.1 Å². The Balaban J connectivity index is 2.38. The average molecular weight is 383 g/mol. The Bertz CT molecular complexity index is 807. The molecule has 2 rings (SSSR count). The van der Waals surface area contributed by atoms with Crippen molar-refractivity contribution in [3.8, 4) is 5.69 Å². The maximum atomic E-state index is 13.3. The summed E-state index contributed by atoms with van der Waals surface area (Å²) in [6, 6.07) is 5.46. The summed E-state index contributed by atoms with van der Waals surface area (Å²) in [6.07, 6.45) is -2.64. The van der Waals surface area contributed by atoms with Crippen LogP contribution in [0.2, 0.25) is 0 Å². The third-order valence-corrected chi connectivity index (χ3v) is 3.90. The number of carboxylic acid groups (broad SMARTS) is 1. The van der Waals surface area contributed by atoms with Crippen LogP contribution in [0, 0.1) is 0 Å². The second-order valence-corrected chi connectivity index (χ2v) is 5.96. The van der Waals surface area contributed by atoms with Gasteiger partial charge >= 0.3 is 12.1 Å². The van der Waals surface area contributed by atoms with Crippen LogP contribution in [-0.4, -0.2) is 44.8 Å². The third kappa shape index (κ3) is 4.47. The van der Waals surface area contributed by atoms with Crippen LogP contribution in [0.1, 0.15) is 53.1 Å². The molecule has 0 saturated carbocycles. The highest BCUT2D eigenvalue weighted by atomic mass is 19.4. The zero-order valence-corrected chi connectivity index (χ0v) is 15.0. The van der Waals surface area contributed by atoms with E-state index in [0.29, 0.717) is 29.5 Å². The quantitative estimate of drug-likeness (QED) is 0.788. The maximum Gasteiger partial charge on any atom is 0.434 e. The lowest BCUT2D eigenvalue weighted by Gasteiger charge is -2.21. The number of halogens is 3. The monoisotopic (exact) mass is 383 g/mol. The van der Waals surface area contributed by atoms with Gasteiger partial charge in [-0.1, -0.05) is 13.8 Å². The topological polar surface area (TPSA) is 75.4 Å². The number of nitrogens with zero attached hydrogens (tertiary/aromatic N) is 3. The maximum absolute atomic E-state index is 13.3. The Kier molecular flexibility index (Phi) is 6.24. The minimum Gasteiger partial charge on any atom is -0.478 e. The van der Waals surface area contributed by atoms with E-state index in [2.05, 4.69) is 5.10 Å². The summed E-state index contributed by atoms with van der Waals surface area (Å²) in [5.41, 5.74) is -1.93. The van der Waals surface area contributed by atoms with Crippen molar-refractivity contribution >= 4 is 11.9 Å². The summed E-state index contributed by atoms with van der Waals surface area (Å²) in [6.45, 7) is 5.09. The number of rotatable bonds is 7. The van der Waals surface area contributed by atoms with Crippen LogP contribution in [0.3, 0.4) is 0 Å². The lowest BCUT2D eigenvalue weighted by molar-refractivity contribution is -0.143. The molecule has 1 aromatic heterocycles. The van der Waals surface area contributed by atoms with Crippen molar-refractivity contribution in [3.63, 3.8) is 0 Å². The van der Waals surface area contributed by atoms with E-state index in [9.17, 15) is 22.8 Å². The molecule has 0 unspecified atom stereocenters. The van der Waals surface area contributed by atoms with E-state index in [1.165, 1.54) is 24.3 Å². The number of hydrogen-bond acceptors (Lipinski definition) is 3. The van der Waals surface area contributed by atoms with Gasteiger partial charge in [0.05, 0.1) is 11.9 Å². The van der Waals surface area contributed by atoms with Gasteiger partial charge in [-0.2, -0.15) is 18.3 Å². The van der Waals surface area contributed by atoms with E-state index >= 15 is 0 Å². The number of alkyl halides is 3. The summed E-state index contributed by atoms with van der Waals surface area (Å²) in [5, 5.41) is 12.5. The van der Waals surface area contributed by atoms with E-state index in [1.807, 2.05) is 13.8 Å². The lowest BCUT2D eigenvalue weighted by Crippen LogP contribution is -2.32. The minimum absolute atomic E-state index is 0.0175. The molecule has 0 radical (unpaired) electrons. The first-order valence-corrected chi connectivity index (χ1v) is 8.48. The van der Waals surface area contributed by atoms with E-state index in [1.54, 1.807) is 4.90 Å². The van der Waals surface area contributed by atoms with Gasteiger partial charge in [-0.25, -0.2) is 9.48 Å². The Labute approximate surface area is 154 Å². The van der Waals surface area contributed by atoms with Gasteiger partial charge in [0.15, 0.2) is 5.69 Å². The van der Waals surface area contributed by atoms with Gasteiger partial charge < -0.3 is 10.0 Å². The van der Waals surface area contributed by atoms with Gasteiger partial charge in [-0.05, 0) is 37.1 Å². The fourth-order valence-corrected chi connectivity index (χ4v) is 2.76. The van der Waals surface area contributed by atoms with Crippen LogP contribution in [0.4, 0.5) is 13.2 Å². The summed E-state index contributed by atoms with van der Waals surface area (Å²) in [4.78, 5) is 25.3. The largest absolute Gasteiger partial charge is 0.478 e. The van der Waals surface area contributed by atoms with Crippen LogP contribution in [0.15, 0.2) is 30.5 Å².